The minimum absolute atomic E-state index is 0.0633. The van der Waals surface area contributed by atoms with Crippen LogP contribution in [-0.2, 0) is 9.59 Å². The number of rotatable bonds is 5. The molecule has 1 aliphatic heterocycles. The number of nitrogens with zero attached hydrogens (tertiary/aromatic N) is 1. The molecule has 0 spiro atoms. The van der Waals surface area contributed by atoms with E-state index in [9.17, 15) is 9.59 Å². The molecule has 3 rings (SSSR count). The Kier molecular flexibility index (Phi) is 5.18. The molecule has 1 aliphatic carbocycles. The number of hydrogen-bond donors (Lipinski definition) is 1. The van der Waals surface area contributed by atoms with Gasteiger partial charge in [0.15, 0.2) is 0 Å². The molecular formula is C19H26N2O2S. The highest BCUT2D eigenvalue weighted by Crippen LogP contribution is 2.39. The number of carbonyl (C=O) groups excluding carboxylic acids is 2. The molecular weight excluding hydrogens is 320 g/mol. The van der Waals surface area contributed by atoms with Gasteiger partial charge in [0, 0.05) is 17.4 Å². The van der Waals surface area contributed by atoms with E-state index in [1.165, 1.54) is 0 Å². The van der Waals surface area contributed by atoms with Crippen LogP contribution in [0.15, 0.2) is 24.3 Å². The van der Waals surface area contributed by atoms with Crippen LogP contribution in [0.2, 0.25) is 0 Å². The molecule has 1 aromatic rings. The first kappa shape index (κ1) is 17.3. The zero-order chi connectivity index (χ0) is 17.3. The summed E-state index contributed by atoms with van der Waals surface area (Å²) in [7, 11) is 0. The lowest BCUT2D eigenvalue weighted by Crippen LogP contribution is -2.48. The van der Waals surface area contributed by atoms with Gasteiger partial charge < -0.3 is 10.2 Å². The Balaban J connectivity index is 1.73. The van der Waals surface area contributed by atoms with E-state index < -0.39 is 0 Å². The highest BCUT2D eigenvalue weighted by atomic mass is 32.2. The van der Waals surface area contributed by atoms with Gasteiger partial charge in [-0.1, -0.05) is 31.5 Å². The van der Waals surface area contributed by atoms with Gasteiger partial charge >= 0.3 is 0 Å². The number of aryl methyl sites for hydroxylation is 1. The molecule has 24 heavy (non-hydrogen) atoms. The summed E-state index contributed by atoms with van der Waals surface area (Å²) >= 11 is 1.75. The SMILES string of the molecule is Cc1ccc(NC(=O)[C@@H]2CS[C@@H](CC(C)C)N2C(=O)C2CC2)cc1. The lowest BCUT2D eigenvalue weighted by molar-refractivity contribution is -0.139. The van der Waals surface area contributed by atoms with Crippen molar-refractivity contribution in [3.63, 3.8) is 0 Å². The fourth-order valence-corrected chi connectivity index (χ4v) is 4.70. The van der Waals surface area contributed by atoms with Gasteiger partial charge in [-0.05, 0) is 44.2 Å². The second-order valence-electron chi connectivity index (χ2n) is 7.31. The average molecular weight is 346 g/mol. The van der Waals surface area contributed by atoms with E-state index in [2.05, 4.69) is 19.2 Å². The largest absolute Gasteiger partial charge is 0.324 e. The van der Waals surface area contributed by atoms with Gasteiger partial charge in [0.25, 0.3) is 0 Å². The van der Waals surface area contributed by atoms with E-state index in [1.807, 2.05) is 36.1 Å². The summed E-state index contributed by atoms with van der Waals surface area (Å²) in [4.78, 5) is 27.4. The maximum Gasteiger partial charge on any atom is 0.248 e. The van der Waals surface area contributed by atoms with Crippen molar-refractivity contribution >= 4 is 29.3 Å². The van der Waals surface area contributed by atoms with Crippen LogP contribution in [0.1, 0.15) is 38.7 Å². The number of nitrogens with one attached hydrogen (secondary N) is 1. The molecule has 0 unspecified atom stereocenters. The molecule has 4 nitrogen and oxygen atoms in total. The summed E-state index contributed by atoms with van der Waals surface area (Å²) in [5.74, 6) is 1.46. The maximum absolute atomic E-state index is 12.8. The Labute approximate surface area is 148 Å². The molecule has 1 aromatic carbocycles. The Morgan fingerprint density at radius 1 is 1.25 bits per heavy atom. The van der Waals surface area contributed by atoms with Crippen LogP contribution >= 0.6 is 11.8 Å². The summed E-state index contributed by atoms with van der Waals surface area (Å²) in [5.41, 5.74) is 1.95. The molecule has 2 aliphatic rings. The second kappa shape index (κ2) is 7.18. The summed E-state index contributed by atoms with van der Waals surface area (Å²) in [5, 5.41) is 3.11. The first-order chi connectivity index (χ1) is 11.5. The summed E-state index contributed by atoms with van der Waals surface area (Å²) < 4.78 is 0. The van der Waals surface area contributed by atoms with Crippen LogP contribution in [0.3, 0.4) is 0 Å². The van der Waals surface area contributed by atoms with Crippen molar-refractivity contribution in [2.45, 2.75) is 51.4 Å². The molecule has 2 amide bonds. The molecule has 1 saturated carbocycles. The summed E-state index contributed by atoms with van der Waals surface area (Å²) in [6, 6.07) is 7.43. The molecule has 0 aromatic heterocycles. The van der Waals surface area contributed by atoms with Crippen molar-refractivity contribution < 1.29 is 9.59 Å². The highest BCUT2D eigenvalue weighted by molar-refractivity contribution is 8.00. The smallest absolute Gasteiger partial charge is 0.248 e. The zero-order valence-corrected chi connectivity index (χ0v) is 15.4. The summed E-state index contributed by atoms with van der Waals surface area (Å²) in [6.45, 7) is 6.35. The van der Waals surface area contributed by atoms with E-state index in [1.54, 1.807) is 11.8 Å². The van der Waals surface area contributed by atoms with E-state index in [-0.39, 0.29) is 29.1 Å². The zero-order valence-electron chi connectivity index (χ0n) is 14.6. The van der Waals surface area contributed by atoms with Crippen molar-refractivity contribution in [3.05, 3.63) is 29.8 Å². The van der Waals surface area contributed by atoms with Gasteiger partial charge in [-0.3, -0.25) is 9.59 Å². The van der Waals surface area contributed by atoms with Crippen LogP contribution in [0, 0.1) is 18.8 Å². The molecule has 0 radical (unpaired) electrons. The van der Waals surface area contributed by atoms with Gasteiger partial charge in [-0.15, -0.1) is 11.8 Å². The standard InChI is InChI=1S/C19H26N2O2S/c1-12(2)10-17-21(19(23)14-6-7-14)16(11-24-17)18(22)20-15-8-4-13(3)5-9-15/h4-5,8-9,12,14,16-17H,6-7,10-11H2,1-3H3,(H,20,22)/t16-,17-/m0/s1. The Morgan fingerprint density at radius 3 is 2.50 bits per heavy atom. The topological polar surface area (TPSA) is 49.4 Å². The van der Waals surface area contributed by atoms with Crippen LogP contribution < -0.4 is 5.32 Å². The van der Waals surface area contributed by atoms with Crippen LogP contribution in [0.5, 0.6) is 0 Å². The van der Waals surface area contributed by atoms with Crippen LogP contribution in [-0.4, -0.2) is 33.9 Å². The summed E-state index contributed by atoms with van der Waals surface area (Å²) in [6.07, 6.45) is 2.89. The predicted molar refractivity (Wildman–Crippen MR) is 98.9 cm³/mol. The third-order valence-corrected chi connectivity index (χ3v) is 5.88. The molecule has 1 saturated heterocycles. The fraction of sp³-hybridized carbons (Fsp3) is 0.579. The van der Waals surface area contributed by atoms with E-state index in [0.717, 1.165) is 30.5 Å². The number of amides is 2. The maximum atomic E-state index is 12.8. The van der Waals surface area contributed by atoms with Crippen molar-refractivity contribution in [3.8, 4) is 0 Å². The van der Waals surface area contributed by atoms with Gasteiger partial charge in [0.1, 0.15) is 6.04 Å². The molecule has 130 valence electrons. The monoisotopic (exact) mass is 346 g/mol. The first-order valence-electron chi connectivity index (χ1n) is 8.77. The van der Waals surface area contributed by atoms with Gasteiger partial charge in [-0.25, -0.2) is 0 Å². The van der Waals surface area contributed by atoms with Crippen molar-refractivity contribution in [1.82, 2.24) is 4.90 Å². The Bertz CT molecular complexity index is 610. The molecule has 2 atom stereocenters. The lowest BCUT2D eigenvalue weighted by atomic mass is 10.1. The Morgan fingerprint density at radius 2 is 1.92 bits per heavy atom. The van der Waals surface area contributed by atoms with E-state index in [4.69, 9.17) is 0 Å². The van der Waals surface area contributed by atoms with E-state index in [0.29, 0.717) is 11.7 Å². The normalized spacial score (nSPS) is 23.6. The van der Waals surface area contributed by atoms with Crippen molar-refractivity contribution in [2.75, 3.05) is 11.1 Å². The van der Waals surface area contributed by atoms with Gasteiger partial charge in [0.05, 0.1) is 5.37 Å². The molecule has 0 bridgehead atoms. The molecule has 1 heterocycles. The highest BCUT2D eigenvalue weighted by Gasteiger charge is 2.46. The number of hydrogen-bond acceptors (Lipinski definition) is 3. The minimum Gasteiger partial charge on any atom is -0.324 e. The number of thioether (sulfide) groups is 1. The average Bonchev–Trinajstić information content (AvgIpc) is 3.30. The first-order valence-corrected chi connectivity index (χ1v) is 9.82. The van der Waals surface area contributed by atoms with Crippen molar-refractivity contribution in [1.29, 1.82) is 0 Å². The predicted octanol–water partition coefficient (Wildman–Crippen LogP) is 3.66. The van der Waals surface area contributed by atoms with Gasteiger partial charge in [0.2, 0.25) is 11.8 Å². The number of benzene rings is 1. The number of carbonyl (C=O) groups is 2. The third kappa shape index (κ3) is 3.94. The van der Waals surface area contributed by atoms with Crippen LogP contribution in [0.4, 0.5) is 5.69 Å². The van der Waals surface area contributed by atoms with Crippen LogP contribution in [0.25, 0.3) is 0 Å². The molecule has 2 fully saturated rings. The second-order valence-corrected chi connectivity index (χ2v) is 8.52. The van der Waals surface area contributed by atoms with Crippen molar-refractivity contribution in [2.24, 2.45) is 11.8 Å². The molecule has 1 N–H and O–H groups in total. The quantitative estimate of drug-likeness (QED) is 0.885. The minimum atomic E-state index is -0.354. The number of anilines is 1. The molecule has 5 heteroatoms. The Hall–Kier alpha value is -1.49. The van der Waals surface area contributed by atoms with Gasteiger partial charge in [-0.2, -0.15) is 0 Å². The fourth-order valence-electron chi connectivity index (χ4n) is 3.05. The lowest BCUT2D eigenvalue weighted by Gasteiger charge is -2.30. The van der Waals surface area contributed by atoms with E-state index >= 15 is 0 Å². The third-order valence-electron chi connectivity index (χ3n) is 4.57.